The summed E-state index contributed by atoms with van der Waals surface area (Å²) in [6.07, 6.45) is 0.223. The fourth-order valence-electron chi connectivity index (χ4n) is 3.67. The van der Waals surface area contributed by atoms with Crippen LogP contribution >= 0.6 is 11.3 Å². The van der Waals surface area contributed by atoms with Crippen molar-refractivity contribution >= 4 is 23.2 Å². The van der Waals surface area contributed by atoms with E-state index in [1.165, 1.54) is 11.3 Å². The molecule has 35 heavy (non-hydrogen) atoms. The van der Waals surface area contributed by atoms with Crippen LogP contribution in [-0.4, -0.2) is 50.7 Å². The zero-order chi connectivity index (χ0) is 25.0. The van der Waals surface area contributed by atoms with E-state index in [1.807, 2.05) is 73.0 Å². The molecule has 0 unspecified atom stereocenters. The van der Waals surface area contributed by atoms with Gasteiger partial charge < -0.3 is 24.4 Å². The summed E-state index contributed by atoms with van der Waals surface area (Å²) >= 11 is 1.52. The highest BCUT2D eigenvalue weighted by atomic mass is 32.1. The molecule has 1 heterocycles. The summed E-state index contributed by atoms with van der Waals surface area (Å²) in [6, 6.07) is 17.8. The number of thiophene rings is 1. The highest BCUT2D eigenvalue weighted by Gasteiger charge is 2.31. The molecule has 1 N–H and O–H groups in total. The fraction of sp³-hybridized carbons (Fsp3) is 0.333. The molecule has 1 aromatic heterocycles. The zero-order valence-electron chi connectivity index (χ0n) is 20.4. The molecule has 0 aliphatic carbocycles. The van der Waals surface area contributed by atoms with Gasteiger partial charge in [0.25, 0.3) is 0 Å². The predicted molar refractivity (Wildman–Crippen MR) is 137 cm³/mol. The number of hydrogen-bond donors (Lipinski definition) is 1. The average molecular weight is 497 g/mol. The van der Waals surface area contributed by atoms with Crippen LogP contribution in [0.3, 0.4) is 0 Å². The Morgan fingerprint density at radius 3 is 2.31 bits per heavy atom. The maximum Gasteiger partial charge on any atom is 0.247 e. The van der Waals surface area contributed by atoms with E-state index in [1.54, 1.807) is 19.1 Å². The van der Waals surface area contributed by atoms with Gasteiger partial charge in [0.1, 0.15) is 17.5 Å². The molecule has 0 saturated heterocycles. The average Bonchev–Trinajstić information content (AvgIpc) is 3.39. The second-order valence-electron chi connectivity index (χ2n) is 7.81. The van der Waals surface area contributed by atoms with E-state index in [0.29, 0.717) is 31.1 Å². The third-order valence-electron chi connectivity index (χ3n) is 5.45. The molecule has 0 saturated carbocycles. The monoisotopic (exact) mass is 496 g/mol. The van der Waals surface area contributed by atoms with Crippen molar-refractivity contribution in [2.24, 2.45) is 0 Å². The minimum Gasteiger partial charge on any atom is -0.497 e. The van der Waals surface area contributed by atoms with Crippen LogP contribution < -0.4 is 14.8 Å². The van der Waals surface area contributed by atoms with Crippen molar-refractivity contribution in [3.05, 3.63) is 82.0 Å². The van der Waals surface area contributed by atoms with Gasteiger partial charge >= 0.3 is 0 Å². The number of carbonyl (C=O) groups is 2. The maximum absolute atomic E-state index is 13.6. The number of rotatable bonds is 13. The van der Waals surface area contributed by atoms with Gasteiger partial charge in [-0.2, -0.15) is 0 Å². The molecule has 186 valence electrons. The van der Waals surface area contributed by atoms with Crippen molar-refractivity contribution in [3.63, 3.8) is 0 Å². The lowest BCUT2D eigenvalue weighted by molar-refractivity contribution is -0.141. The number of benzene rings is 2. The molecule has 7 nitrogen and oxygen atoms in total. The van der Waals surface area contributed by atoms with Crippen LogP contribution in [0.15, 0.2) is 66.0 Å². The lowest BCUT2D eigenvalue weighted by atomic mass is 10.0. The van der Waals surface area contributed by atoms with Gasteiger partial charge in [0.2, 0.25) is 11.8 Å². The van der Waals surface area contributed by atoms with Crippen molar-refractivity contribution in [3.8, 4) is 11.5 Å². The third kappa shape index (κ3) is 7.56. The maximum atomic E-state index is 13.6. The quantitative estimate of drug-likeness (QED) is 0.383. The van der Waals surface area contributed by atoms with Crippen molar-refractivity contribution in [1.29, 1.82) is 0 Å². The van der Waals surface area contributed by atoms with E-state index in [9.17, 15) is 9.59 Å². The third-order valence-corrected chi connectivity index (χ3v) is 6.33. The second kappa shape index (κ2) is 13.5. The lowest BCUT2D eigenvalue weighted by Crippen LogP contribution is -2.45. The summed E-state index contributed by atoms with van der Waals surface area (Å²) in [7, 11) is 3.19. The summed E-state index contributed by atoms with van der Waals surface area (Å²) in [5.74, 6) is 1.06. The highest BCUT2D eigenvalue weighted by Crippen LogP contribution is 2.26. The largest absolute Gasteiger partial charge is 0.497 e. The molecular weight excluding hydrogens is 464 g/mol. The molecule has 1 atom stereocenters. The first-order valence-electron chi connectivity index (χ1n) is 11.5. The first-order valence-corrected chi connectivity index (χ1v) is 12.4. The van der Waals surface area contributed by atoms with Crippen LogP contribution in [0.25, 0.3) is 0 Å². The summed E-state index contributed by atoms with van der Waals surface area (Å²) < 4.78 is 16.0. The Labute approximate surface area is 210 Å². The first kappa shape index (κ1) is 26.2. The number of hydrogen-bond acceptors (Lipinski definition) is 6. The molecule has 2 amide bonds. The molecule has 0 fully saturated rings. The van der Waals surface area contributed by atoms with Gasteiger partial charge in [-0.25, -0.2) is 0 Å². The van der Waals surface area contributed by atoms with Crippen LogP contribution in [-0.2, 0) is 27.3 Å². The Morgan fingerprint density at radius 1 is 1.00 bits per heavy atom. The van der Waals surface area contributed by atoms with Crippen molar-refractivity contribution in [2.45, 2.75) is 25.9 Å². The standard InChI is InChI=1S/C27H32N2O5S/c1-4-34-23-13-9-21(10-14-23)26(27(31)28-19-20-7-11-22(33-3)12-8-20)29(15-16-32-2)25(30)18-24-6-5-17-35-24/h5-14,17,26H,4,15-16,18-19H2,1-3H3,(H,28,31)/t26-/m0/s1. The SMILES string of the molecule is CCOc1ccc([C@@H](C(=O)NCc2ccc(OC)cc2)N(CCOC)C(=O)Cc2cccs2)cc1. The van der Waals surface area contributed by atoms with Crippen molar-refractivity contribution in [1.82, 2.24) is 10.2 Å². The van der Waals surface area contributed by atoms with E-state index >= 15 is 0 Å². The smallest absolute Gasteiger partial charge is 0.247 e. The fourth-order valence-corrected chi connectivity index (χ4v) is 4.36. The molecule has 8 heteroatoms. The van der Waals surface area contributed by atoms with E-state index in [-0.39, 0.29) is 24.8 Å². The van der Waals surface area contributed by atoms with E-state index in [0.717, 1.165) is 16.2 Å². The Kier molecular flexibility index (Phi) is 10.1. The molecule has 2 aromatic carbocycles. The summed E-state index contributed by atoms with van der Waals surface area (Å²) in [6.45, 7) is 3.39. The number of amides is 2. The Balaban J connectivity index is 1.87. The van der Waals surface area contributed by atoms with Gasteiger partial charge in [-0.05, 0) is 53.8 Å². The molecule has 0 spiro atoms. The molecule has 0 aliphatic rings. The summed E-state index contributed by atoms with van der Waals surface area (Å²) in [5.41, 5.74) is 1.63. The molecule has 0 radical (unpaired) electrons. The van der Waals surface area contributed by atoms with Crippen LogP contribution in [0.4, 0.5) is 0 Å². The zero-order valence-corrected chi connectivity index (χ0v) is 21.2. The van der Waals surface area contributed by atoms with Crippen LogP contribution in [0, 0.1) is 0 Å². The number of ether oxygens (including phenoxy) is 3. The van der Waals surface area contributed by atoms with Crippen LogP contribution in [0.5, 0.6) is 11.5 Å². The van der Waals surface area contributed by atoms with Gasteiger partial charge in [0, 0.05) is 25.1 Å². The minimum absolute atomic E-state index is 0.136. The summed E-state index contributed by atoms with van der Waals surface area (Å²) in [4.78, 5) is 29.5. The lowest BCUT2D eigenvalue weighted by Gasteiger charge is -2.31. The summed E-state index contributed by atoms with van der Waals surface area (Å²) in [5, 5.41) is 4.94. The van der Waals surface area contributed by atoms with Gasteiger partial charge in [-0.15, -0.1) is 11.3 Å². The van der Waals surface area contributed by atoms with E-state index in [4.69, 9.17) is 14.2 Å². The topological polar surface area (TPSA) is 77.1 Å². The minimum atomic E-state index is -0.813. The normalized spacial score (nSPS) is 11.5. The number of methoxy groups -OCH3 is 2. The first-order chi connectivity index (χ1) is 17.0. The van der Waals surface area contributed by atoms with Gasteiger partial charge in [0.15, 0.2) is 0 Å². The Bertz CT molecular complexity index is 1050. The molecule has 0 bridgehead atoms. The Hall–Kier alpha value is -3.36. The highest BCUT2D eigenvalue weighted by molar-refractivity contribution is 7.10. The van der Waals surface area contributed by atoms with Gasteiger partial charge in [-0.3, -0.25) is 9.59 Å². The van der Waals surface area contributed by atoms with Crippen molar-refractivity contribution < 1.29 is 23.8 Å². The molecule has 3 rings (SSSR count). The van der Waals surface area contributed by atoms with Gasteiger partial charge in [0.05, 0.1) is 26.7 Å². The predicted octanol–water partition coefficient (Wildman–Crippen LogP) is 4.23. The number of nitrogens with zero attached hydrogens (tertiary/aromatic N) is 1. The van der Waals surface area contributed by atoms with Crippen molar-refractivity contribution in [2.75, 3.05) is 34.0 Å². The Morgan fingerprint density at radius 2 is 1.71 bits per heavy atom. The van der Waals surface area contributed by atoms with E-state index in [2.05, 4.69) is 5.32 Å². The number of carbonyl (C=O) groups excluding carboxylic acids is 2. The van der Waals surface area contributed by atoms with Crippen LogP contribution in [0.2, 0.25) is 0 Å². The van der Waals surface area contributed by atoms with E-state index < -0.39 is 6.04 Å². The number of nitrogens with one attached hydrogen (secondary N) is 1. The molecule has 3 aromatic rings. The molecule has 0 aliphatic heterocycles. The molecular formula is C27H32N2O5S. The van der Waals surface area contributed by atoms with Gasteiger partial charge in [-0.1, -0.05) is 30.3 Å². The van der Waals surface area contributed by atoms with Crippen LogP contribution in [0.1, 0.15) is 29.0 Å². The second-order valence-corrected chi connectivity index (χ2v) is 8.84.